The number of carbonyl (C=O) groups is 2. The number of carbonyl (C=O) groups excluding carboxylic acids is 2. The highest BCUT2D eigenvalue weighted by atomic mass is 16.5. The summed E-state index contributed by atoms with van der Waals surface area (Å²) in [7, 11) is 1.59. The highest BCUT2D eigenvalue weighted by molar-refractivity contribution is 6.45. The van der Waals surface area contributed by atoms with Crippen molar-refractivity contribution >= 4 is 11.6 Å². The molecule has 0 saturated carbocycles. The predicted molar refractivity (Wildman–Crippen MR) is 78.1 cm³/mol. The van der Waals surface area contributed by atoms with Crippen LogP contribution in [-0.2, 0) is 14.3 Å². The first-order valence-electron chi connectivity index (χ1n) is 6.90. The minimum atomic E-state index is -0.621. The molecule has 0 spiro atoms. The number of ketones is 2. The number of hydrogen-bond acceptors (Lipinski definition) is 3. The van der Waals surface area contributed by atoms with Gasteiger partial charge in [-0.3, -0.25) is 9.59 Å². The van der Waals surface area contributed by atoms with Crippen molar-refractivity contribution in [3.05, 3.63) is 11.1 Å². The molecule has 0 N–H and O–H groups in total. The average Bonchev–Trinajstić information content (AvgIpc) is 2.41. The van der Waals surface area contributed by atoms with Gasteiger partial charge in [-0.1, -0.05) is 34.1 Å². The first-order valence-corrected chi connectivity index (χ1v) is 6.90. The summed E-state index contributed by atoms with van der Waals surface area (Å²) < 4.78 is 5.20. The molecule has 0 rings (SSSR count). The zero-order valence-corrected chi connectivity index (χ0v) is 13.6. The van der Waals surface area contributed by atoms with E-state index >= 15 is 0 Å². The maximum absolute atomic E-state index is 12.4. The van der Waals surface area contributed by atoms with Gasteiger partial charge in [0.15, 0.2) is 0 Å². The van der Waals surface area contributed by atoms with Crippen molar-refractivity contribution in [2.24, 2.45) is 11.3 Å². The molecule has 2 atom stereocenters. The highest BCUT2D eigenvalue weighted by Gasteiger charge is 2.37. The van der Waals surface area contributed by atoms with Crippen LogP contribution < -0.4 is 0 Å². The van der Waals surface area contributed by atoms with Crippen LogP contribution in [0.4, 0.5) is 0 Å². The van der Waals surface area contributed by atoms with E-state index in [1.165, 1.54) is 0 Å². The molecule has 0 heterocycles. The van der Waals surface area contributed by atoms with Crippen molar-refractivity contribution in [1.29, 1.82) is 0 Å². The fourth-order valence-corrected chi connectivity index (χ4v) is 1.86. The van der Waals surface area contributed by atoms with E-state index in [1.54, 1.807) is 14.0 Å². The van der Waals surface area contributed by atoms with E-state index in [1.807, 2.05) is 41.5 Å². The summed E-state index contributed by atoms with van der Waals surface area (Å²) in [6.45, 7) is 13.2. The third-order valence-corrected chi connectivity index (χ3v) is 4.53. The van der Waals surface area contributed by atoms with E-state index < -0.39 is 5.41 Å². The van der Waals surface area contributed by atoms with E-state index in [4.69, 9.17) is 4.74 Å². The number of hydrogen-bond donors (Lipinski definition) is 0. The first kappa shape index (κ1) is 18.0. The molecule has 110 valence electrons. The second-order valence-electron chi connectivity index (χ2n) is 5.88. The van der Waals surface area contributed by atoms with E-state index in [0.717, 1.165) is 12.0 Å². The fraction of sp³-hybridized carbons (Fsp3) is 0.750. The van der Waals surface area contributed by atoms with Crippen LogP contribution >= 0.6 is 0 Å². The summed E-state index contributed by atoms with van der Waals surface area (Å²) in [6.07, 6.45) is 0.728. The maximum atomic E-state index is 12.4. The Morgan fingerprint density at radius 3 is 2.00 bits per heavy atom. The quantitative estimate of drug-likeness (QED) is 0.523. The normalized spacial score (nSPS) is 16.6. The van der Waals surface area contributed by atoms with E-state index in [-0.39, 0.29) is 23.6 Å². The van der Waals surface area contributed by atoms with Crippen LogP contribution in [0.25, 0.3) is 0 Å². The molecule has 0 aliphatic rings. The summed E-state index contributed by atoms with van der Waals surface area (Å²) in [5.74, 6) is -0.509. The van der Waals surface area contributed by atoms with Crippen molar-refractivity contribution in [1.82, 2.24) is 0 Å². The van der Waals surface area contributed by atoms with E-state index in [9.17, 15) is 9.59 Å². The number of Topliss-reactive ketones (excluding diaryl/α,β-unsaturated/α-hetero) is 2. The molecule has 0 aliphatic heterocycles. The number of methoxy groups -OCH3 is 1. The second-order valence-corrected chi connectivity index (χ2v) is 5.88. The van der Waals surface area contributed by atoms with Crippen LogP contribution in [0.5, 0.6) is 0 Å². The minimum Gasteiger partial charge on any atom is -0.377 e. The van der Waals surface area contributed by atoms with Crippen LogP contribution in [0.3, 0.4) is 0 Å². The van der Waals surface area contributed by atoms with Gasteiger partial charge >= 0.3 is 0 Å². The van der Waals surface area contributed by atoms with Gasteiger partial charge in [-0.2, -0.15) is 0 Å². The molecule has 1 unspecified atom stereocenters. The zero-order valence-electron chi connectivity index (χ0n) is 13.6. The smallest absolute Gasteiger partial charge is 0.224 e. The Morgan fingerprint density at radius 1 is 1.16 bits per heavy atom. The Hall–Kier alpha value is -0.960. The van der Waals surface area contributed by atoms with Crippen molar-refractivity contribution in [3.63, 3.8) is 0 Å². The molecule has 0 fully saturated rings. The van der Waals surface area contributed by atoms with Gasteiger partial charge in [-0.15, -0.1) is 0 Å². The summed E-state index contributed by atoms with van der Waals surface area (Å²) in [4.78, 5) is 24.7. The highest BCUT2D eigenvalue weighted by Crippen LogP contribution is 2.31. The molecule has 0 aromatic carbocycles. The molecule has 0 bridgehead atoms. The standard InChI is InChI=1S/C16H28O3/c1-9-10(2)16(6,7)15(18)14(17)12(4)11(3)13(5)19-8/h10,13H,9H2,1-8H3/b12-11+/t10-,13?/m0/s1. The molecule has 19 heavy (non-hydrogen) atoms. The zero-order chi connectivity index (χ0) is 15.4. The molecular weight excluding hydrogens is 240 g/mol. The topological polar surface area (TPSA) is 43.4 Å². The lowest BCUT2D eigenvalue weighted by atomic mass is 9.73. The average molecular weight is 268 g/mol. The van der Waals surface area contributed by atoms with Crippen molar-refractivity contribution in [2.45, 2.75) is 61.0 Å². The van der Waals surface area contributed by atoms with Gasteiger partial charge in [0.1, 0.15) is 0 Å². The summed E-state index contributed by atoms with van der Waals surface area (Å²) in [5, 5.41) is 0. The summed E-state index contributed by atoms with van der Waals surface area (Å²) in [5.41, 5.74) is 0.709. The number of allylic oxidation sites excluding steroid dienone is 1. The Labute approximate surface area is 117 Å². The molecular formula is C16H28O3. The van der Waals surface area contributed by atoms with Gasteiger partial charge in [0.25, 0.3) is 0 Å². The largest absolute Gasteiger partial charge is 0.377 e. The van der Waals surface area contributed by atoms with Gasteiger partial charge in [-0.05, 0) is 32.3 Å². The van der Waals surface area contributed by atoms with Crippen LogP contribution in [-0.4, -0.2) is 24.8 Å². The van der Waals surface area contributed by atoms with Crippen LogP contribution in [0.1, 0.15) is 54.9 Å². The molecule has 0 aliphatic carbocycles. The van der Waals surface area contributed by atoms with Gasteiger partial charge in [0, 0.05) is 18.1 Å². The lowest BCUT2D eigenvalue weighted by molar-refractivity contribution is -0.141. The summed E-state index contributed by atoms with van der Waals surface area (Å²) >= 11 is 0. The van der Waals surface area contributed by atoms with Crippen LogP contribution in [0.15, 0.2) is 11.1 Å². The van der Waals surface area contributed by atoms with Gasteiger partial charge in [0.05, 0.1) is 6.10 Å². The van der Waals surface area contributed by atoms with Gasteiger partial charge < -0.3 is 4.74 Å². The van der Waals surface area contributed by atoms with Crippen molar-refractivity contribution in [2.75, 3.05) is 7.11 Å². The van der Waals surface area contributed by atoms with E-state index in [2.05, 4.69) is 0 Å². The molecule has 3 heteroatoms. The Morgan fingerprint density at radius 2 is 1.63 bits per heavy atom. The third-order valence-electron chi connectivity index (χ3n) is 4.53. The molecule has 0 radical (unpaired) electrons. The monoisotopic (exact) mass is 268 g/mol. The fourth-order valence-electron chi connectivity index (χ4n) is 1.86. The lowest BCUT2D eigenvalue weighted by Crippen LogP contribution is -2.37. The number of ether oxygens (including phenoxy) is 1. The van der Waals surface area contributed by atoms with Crippen molar-refractivity contribution < 1.29 is 14.3 Å². The number of rotatable bonds is 7. The first-order chi connectivity index (χ1) is 8.61. The maximum Gasteiger partial charge on any atom is 0.224 e. The molecule has 0 saturated heterocycles. The lowest BCUT2D eigenvalue weighted by Gasteiger charge is -2.29. The molecule has 0 aromatic rings. The third kappa shape index (κ3) is 4.00. The Kier molecular flexibility index (Phi) is 6.64. The van der Waals surface area contributed by atoms with Crippen molar-refractivity contribution in [3.8, 4) is 0 Å². The Balaban J connectivity index is 5.29. The minimum absolute atomic E-state index is 0.150. The molecule has 0 amide bonds. The van der Waals surface area contributed by atoms with Gasteiger partial charge in [0.2, 0.25) is 11.6 Å². The molecule has 0 aromatic heterocycles. The van der Waals surface area contributed by atoms with Gasteiger partial charge in [-0.25, -0.2) is 0 Å². The molecule has 3 nitrogen and oxygen atoms in total. The second kappa shape index (κ2) is 6.99. The summed E-state index contributed by atoms with van der Waals surface area (Å²) in [6, 6.07) is 0. The van der Waals surface area contributed by atoms with Crippen LogP contribution in [0, 0.1) is 11.3 Å². The Bertz CT molecular complexity index is 377. The predicted octanol–water partition coefficient (Wildman–Crippen LogP) is 3.57. The SMILES string of the molecule is CC[C@H](C)C(C)(C)C(=O)C(=O)/C(C)=C(\C)C(C)OC. The van der Waals surface area contributed by atoms with Crippen LogP contribution in [0.2, 0.25) is 0 Å². The van der Waals surface area contributed by atoms with E-state index in [0.29, 0.717) is 5.57 Å².